The SMILES string of the molecule is CCCCNC(=O)C(C)N(Cc1ccc(Cl)cc1Cl)C(=O)CCCN(c1ccc(F)cc1)S(C)(=O)=O. The first-order chi connectivity index (χ1) is 16.9. The van der Waals surface area contributed by atoms with Crippen molar-refractivity contribution in [3.63, 3.8) is 0 Å². The van der Waals surface area contributed by atoms with Gasteiger partial charge in [0.15, 0.2) is 0 Å². The molecule has 0 aromatic heterocycles. The average molecular weight is 561 g/mol. The van der Waals surface area contributed by atoms with Crippen LogP contribution in [0, 0.1) is 5.82 Å². The Hall–Kier alpha value is -2.36. The highest BCUT2D eigenvalue weighted by Gasteiger charge is 2.27. The number of unbranched alkanes of at least 4 members (excludes halogenated alkanes) is 1. The highest BCUT2D eigenvalue weighted by atomic mass is 35.5. The molecule has 198 valence electrons. The minimum atomic E-state index is -3.66. The lowest BCUT2D eigenvalue weighted by atomic mass is 10.1. The Kier molecular flexibility index (Phi) is 11.5. The summed E-state index contributed by atoms with van der Waals surface area (Å²) < 4.78 is 39.0. The molecule has 1 unspecified atom stereocenters. The predicted octanol–water partition coefficient (Wildman–Crippen LogP) is 5.01. The lowest BCUT2D eigenvalue weighted by Crippen LogP contribution is -2.48. The van der Waals surface area contributed by atoms with Crippen molar-refractivity contribution in [2.45, 2.75) is 52.1 Å². The van der Waals surface area contributed by atoms with Gasteiger partial charge >= 0.3 is 0 Å². The standard InChI is InChI=1S/C25H32Cl2FN3O4S/c1-4-5-14-29-25(33)18(2)30(17-19-8-9-20(26)16-23(19)27)24(32)7-6-15-31(36(3,34)35)22-12-10-21(28)11-13-22/h8-13,16,18H,4-7,14-15,17H2,1-3H3,(H,29,33). The van der Waals surface area contributed by atoms with E-state index in [0.29, 0.717) is 27.8 Å². The van der Waals surface area contributed by atoms with Gasteiger partial charge in [-0.2, -0.15) is 0 Å². The first-order valence-corrected chi connectivity index (χ1v) is 14.3. The van der Waals surface area contributed by atoms with E-state index in [-0.39, 0.29) is 37.7 Å². The lowest BCUT2D eigenvalue weighted by Gasteiger charge is -2.30. The molecule has 2 amide bonds. The van der Waals surface area contributed by atoms with Crippen LogP contribution in [0.25, 0.3) is 0 Å². The number of rotatable bonds is 13. The van der Waals surface area contributed by atoms with Gasteiger partial charge in [0, 0.05) is 36.1 Å². The van der Waals surface area contributed by atoms with Gasteiger partial charge in [0.1, 0.15) is 11.9 Å². The van der Waals surface area contributed by atoms with Gasteiger partial charge in [0.2, 0.25) is 21.8 Å². The molecule has 0 aliphatic rings. The van der Waals surface area contributed by atoms with Crippen LogP contribution < -0.4 is 9.62 Å². The van der Waals surface area contributed by atoms with E-state index in [4.69, 9.17) is 23.2 Å². The van der Waals surface area contributed by atoms with Gasteiger partial charge < -0.3 is 10.2 Å². The normalized spacial score (nSPS) is 12.2. The first-order valence-electron chi connectivity index (χ1n) is 11.7. The van der Waals surface area contributed by atoms with Crippen LogP contribution in [0.5, 0.6) is 0 Å². The van der Waals surface area contributed by atoms with Crippen LogP contribution in [-0.4, -0.2) is 50.5 Å². The monoisotopic (exact) mass is 559 g/mol. The molecule has 0 spiro atoms. The second kappa shape index (κ2) is 13.8. The molecule has 0 aliphatic carbocycles. The molecule has 0 bridgehead atoms. The third-order valence-corrected chi connectivity index (χ3v) is 7.40. The number of hydrogen-bond donors (Lipinski definition) is 1. The number of hydrogen-bond acceptors (Lipinski definition) is 4. The molecular weight excluding hydrogens is 528 g/mol. The van der Waals surface area contributed by atoms with E-state index in [0.717, 1.165) is 23.4 Å². The van der Waals surface area contributed by atoms with Gasteiger partial charge in [-0.15, -0.1) is 0 Å². The Morgan fingerprint density at radius 1 is 1.08 bits per heavy atom. The molecule has 0 saturated carbocycles. The van der Waals surface area contributed by atoms with E-state index in [1.807, 2.05) is 6.92 Å². The lowest BCUT2D eigenvalue weighted by molar-refractivity contribution is -0.140. The number of sulfonamides is 1. The number of carbonyl (C=O) groups is 2. The Bertz CT molecular complexity index is 1150. The van der Waals surface area contributed by atoms with Crippen molar-refractivity contribution in [1.29, 1.82) is 0 Å². The van der Waals surface area contributed by atoms with Gasteiger partial charge in [-0.3, -0.25) is 13.9 Å². The number of carbonyl (C=O) groups excluding carboxylic acids is 2. The van der Waals surface area contributed by atoms with Crippen molar-refractivity contribution in [1.82, 2.24) is 10.2 Å². The molecule has 0 heterocycles. The molecule has 2 rings (SSSR count). The minimum Gasteiger partial charge on any atom is -0.354 e. The number of amides is 2. The highest BCUT2D eigenvalue weighted by Crippen LogP contribution is 2.24. The minimum absolute atomic E-state index is 0.00893. The second-order valence-corrected chi connectivity index (χ2v) is 11.2. The first kappa shape index (κ1) is 29.9. The molecule has 0 aliphatic heterocycles. The third-order valence-electron chi connectivity index (χ3n) is 5.62. The number of nitrogens with zero attached hydrogens (tertiary/aromatic N) is 2. The third kappa shape index (κ3) is 8.94. The largest absolute Gasteiger partial charge is 0.354 e. The van der Waals surface area contributed by atoms with Crippen molar-refractivity contribution >= 4 is 50.7 Å². The molecular formula is C25H32Cl2FN3O4S. The number of halogens is 3. The molecule has 2 aromatic carbocycles. The van der Waals surface area contributed by atoms with E-state index in [9.17, 15) is 22.4 Å². The number of nitrogens with one attached hydrogen (secondary N) is 1. The summed E-state index contributed by atoms with van der Waals surface area (Å²) in [6, 6.07) is 9.25. The molecule has 1 N–H and O–H groups in total. The summed E-state index contributed by atoms with van der Waals surface area (Å²) in [5, 5.41) is 3.67. The molecule has 11 heteroatoms. The second-order valence-electron chi connectivity index (χ2n) is 8.49. The summed E-state index contributed by atoms with van der Waals surface area (Å²) in [5.74, 6) is -1.09. The zero-order chi connectivity index (χ0) is 26.9. The van der Waals surface area contributed by atoms with Crippen molar-refractivity contribution in [2.24, 2.45) is 0 Å². The Morgan fingerprint density at radius 2 is 1.75 bits per heavy atom. The molecule has 0 radical (unpaired) electrons. The van der Waals surface area contributed by atoms with Crippen LogP contribution in [-0.2, 0) is 26.2 Å². The van der Waals surface area contributed by atoms with Crippen LogP contribution in [0.15, 0.2) is 42.5 Å². The predicted molar refractivity (Wildman–Crippen MR) is 142 cm³/mol. The maximum atomic E-state index is 13.3. The fourth-order valence-electron chi connectivity index (χ4n) is 3.56. The van der Waals surface area contributed by atoms with Crippen LogP contribution in [0.4, 0.5) is 10.1 Å². The summed E-state index contributed by atoms with van der Waals surface area (Å²) in [7, 11) is -3.66. The van der Waals surface area contributed by atoms with Crippen molar-refractivity contribution in [3.8, 4) is 0 Å². The molecule has 0 saturated heterocycles. The fourth-order valence-corrected chi connectivity index (χ4v) is 5.00. The number of benzene rings is 2. The Balaban J connectivity index is 2.17. The van der Waals surface area contributed by atoms with Crippen LogP contribution >= 0.6 is 23.2 Å². The average Bonchev–Trinajstić information content (AvgIpc) is 2.81. The molecule has 36 heavy (non-hydrogen) atoms. The Morgan fingerprint density at radius 3 is 2.33 bits per heavy atom. The Labute approximate surface area is 222 Å². The van der Waals surface area contributed by atoms with E-state index >= 15 is 0 Å². The van der Waals surface area contributed by atoms with Crippen LogP contribution in [0.1, 0.15) is 45.1 Å². The van der Waals surface area contributed by atoms with Gasteiger partial charge in [-0.25, -0.2) is 12.8 Å². The molecule has 0 fully saturated rings. The molecule has 1 atom stereocenters. The van der Waals surface area contributed by atoms with E-state index < -0.39 is 21.9 Å². The highest BCUT2D eigenvalue weighted by molar-refractivity contribution is 7.92. The zero-order valence-corrected chi connectivity index (χ0v) is 23.0. The summed E-state index contributed by atoms with van der Waals surface area (Å²) >= 11 is 12.3. The van der Waals surface area contributed by atoms with Gasteiger partial charge in [0.05, 0.1) is 11.9 Å². The summed E-state index contributed by atoms with van der Waals surface area (Å²) in [4.78, 5) is 27.4. The topological polar surface area (TPSA) is 86.8 Å². The van der Waals surface area contributed by atoms with Crippen LogP contribution in [0.3, 0.4) is 0 Å². The maximum Gasteiger partial charge on any atom is 0.242 e. The van der Waals surface area contributed by atoms with Crippen molar-refractivity contribution in [2.75, 3.05) is 23.7 Å². The fraction of sp³-hybridized carbons (Fsp3) is 0.440. The quantitative estimate of drug-likeness (QED) is 0.349. The van der Waals surface area contributed by atoms with Gasteiger partial charge in [0.25, 0.3) is 0 Å². The molecule has 2 aromatic rings. The summed E-state index contributed by atoms with van der Waals surface area (Å²) in [6.07, 6.45) is 2.97. The van der Waals surface area contributed by atoms with Crippen molar-refractivity contribution in [3.05, 3.63) is 63.9 Å². The smallest absolute Gasteiger partial charge is 0.242 e. The van der Waals surface area contributed by atoms with Crippen molar-refractivity contribution < 1.29 is 22.4 Å². The maximum absolute atomic E-state index is 13.3. The van der Waals surface area contributed by atoms with Gasteiger partial charge in [-0.1, -0.05) is 42.6 Å². The summed E-state index contributed by atoms with van der Waals surface area (Å²) in [5.41, 5.74) is 0.937. The van der Waals surface area contributed by atoms with E-state index in [1.165, 1.54) is 29.2 Å². The van der Waals surface area contributed by atoms with E-state index in [2.05, 4.69) is 5.32 Å². The number of anilines is 1. The zero-order valence-electron chi connectivity index (χ0n) is 20.6. The van der Waals surface area contributed by atoms with Gasteiger partial charge in [-0.05, 0) is 61.7 Å². The molecule has 7 nitrogen and oxygen atoms in total. The van der Waals surface area contributed by atoms with E-state index in [1.54, 1.807) is 25.1 Å². The van der Waals surface area contributed by atoms with Crippen LogP contribution in [0.2, 0.25) is 10.0 Å². The summed E-state index contributed by atoms with van der Waals surface area (Å²) in [6.45, 7) is 4.27.